The van der Waals surface area contributed by atoms with Crippen molar-refractivity contribution in [2.75, 3.05) is 0 Å². The molecule has 1 aliphatic rings. The van der Waals surface area contributed by atoms with Crippen LogP contribution in [0.1, 0.15) is 32.4 Å². The number of allylic oxidation sites excluding steroid dienone is 1. The molecule has 0 spiro atoms. The fourth-order valence-electron chi connectivity index (χ4n) is 2.21. The molecule has 118 valence electrons. The van der Waals surface area contributed by atoms with E-state index in [2.05, 4.69) is 10.6 Å². The van der Waals surface area contributed by atoms with Gasteiger partial charge in [-0.1, -0.05) is 29.3 Å². The van der Waals surface area contributed by atoms with Gasteiger partial charge < -0.3 is 15.4 Å². The molecule has 0 amide bonds. The first-order chi connectivity index (χ1) is 10.3. The Hall–Kier alpha value is -1.30. The zero-order valence-electron chi connectivity index (χ0n) is 12.4. The van der Waals surface area contributed by atoms with Gasteiger partial charge in [0.05, 0.1) is 17.7 Å². The van der Waals surface area contributed by atoms with Crippen molar-refractivity contribution >= 4 is 46.5 Å². The van der Waals surface area contributed by atoms with E-state index in [1.807, 2.05) is 0 Å². The molecule has 0 bridgehead atoms. The van der Waals surface area contributed by atoms with Crippen molar-refractivity contribution in [3.05, 3.63) is 45.1 Å². The predicted octanol–water partition coefficient (Wildman–Crippen LogP) is 3.74. The van der Waals surface area contributed by atoms with Crippen molar-refractivity contribution in [2.24, 2.45) is 0 Å². The van der Waals surface area contributed by atoms with Crippen LogP contribution in [0.2, 0.25) is 10.0 Å². The molecule has 0 saturated heterocycles. The number of nitrogens with one attached hydrogen (secondary N) is 2. The molecule has 1 aromatic carbocycles. The number of rotatable bonds is 3. The molecule has 2 N–H and O–H groups in total. The van der Waals surface area contributed by atoms with Gasteiger partial charge in [-0.15, -0.1) is 0 Å². The summed E-state index contributed by atoms with van der Waals surface area (Å²) in [5.74, 6) is -0.411. The first-order valence-corrected chi connectivity index (χ1v) is 7.90. The maximum absolute atomic E-state index is 12.4. The SMILES string of the molecule is CC1=C(C(=O)OC(C)C)[C@@H](c2ccc(Cl)cc2Cl)NC(=S)N1. The van der Waals surface area contributed by atoms with Crippen LogP contribution in [0.15, 0.2) is 29.5 Å². The second kappa shape index (κ2) is 6.86. The van der Waals surface area contributed by atoms with Gasteiger partial charge in [0, 0.05) is 15.7 Å². The Labute approximate surface area is 144 Å². The van der Waals surface area contributed by atoms with Crippen LogP contribution in [0.25, 0.3) is 0 Å². The Kier molecular flexibility index (Phi) is 5.32. The lowest BCUT2D eigenvalue weighted by molar-refractivity contribution is -0.143. The lowest BCUT2D eigenvalue weighted by atomic mass is 9.95. The maximum atomic E-state index is 12.4. The van der Waals surface area contributed by atoms with E-state index in [1.54, 1.807) is 39.0 Å². The standard InChI is InChI=1S/C15H16Cl2N2O2S/c1-7(2)21-14(20)12-8(3)18-15(22)19-13(12)10-5-4-9(16)6-11(10)17/h4-7,13H,1-3H3,(H2,18,19,22)/t13-/m1/s1. The molecule has 0 aromatic heterocycles. The summed E-state index contributed by atoms with van der Waals surface area (Å²) in [4.78, 5) is 12.4. The van der Waals surface area contributed by atoms with Crippen LogP contribution in [0.5, 0.6) is 0 Å². The van der Waals surface area contributed by atoms with Crippen LogP contribution < -0.4 is 10.6 Å². The van der Waals surface area contributed by atoms with E-state index in [4.69, 9.17) is 40.2 Å². The number of carbonyl (C=O) groups excluding carboxylic acids is 1. The van der Waals surface area contributed by atoms with Gasteiger partial charge in [-0.25, -0.2) is 4.79 Å². The molecule has 0 radical (unpaired) electrons. The Balaban J connectivity index is 2.48. The highest BCUT2D eigenvalue weighted by Crippen LogP contribution is 2.33. The molecule has 0 saturated carbocycles. The van der Waals surface area contributed by atoms with Gasteiger partial charge in [-0.3, -0.25) is 0 Å². The van der Waals surface area contributed by atoms with E-state index in [0.717, 1.165) is 0 Å². The summed E-state index contributed by atoms with van der Waals surface area (Å²) in [5, 5.41) is 7.41. The second-order valence-corrected chi connectivity index (χ2v) is 6.44. The summed E-state index contributed by atoms with van der Waals surface area (Å²) in [5.41, 5.74) is 1.81. The van der Waals surface area contributed by atoms with Gasteiger partial charge in [-0.2, -0.15) is 0 Å². The van der Waals surface area contributed by atoms with E-state index in [1.165, 1.54) is 0 Å². The number of benzene rings is 1. The van der Waals surface area contributed by atoms with Crippen LogP contribution in [-0.2, 0) is 9.53 Å². The molecular weight excluding hydrogens is 343 g/mol. The van der Waals surface area contributed by atoms with Crippen molar-refractivity contribution < 1.29 is 9.53 Å². The van der Waals surface area contributed by atoms with Crippen molar-refractivity contribution in [3.63, 3.8) is 0 Å². The highest BCUT2D eigenvalue weighted by molar-refractivity contribution is 7.80. The Morgan fingerprint density at radius 2 is 2.05 bits per heavy atom. The first kappa shape index (κ1) is 17.1. The minimum Gasteiger partial charge on any atom is -0.459 e. The van der Waals surface area contributed by atoms with E-state index in [9.17, 15) is 4.79 Å². The predicted molar refractivity (Wildman–Crippen MR) is 92.0 cm³/mol. The van der Waals surface area contributed by atoms with Gasteiger partial charge in [0.2, 0.25) is 0 Å². The number of hydrogen-bond acceptors (Lipinski definition) is 3. The van der Waals surface area contributed by atoms with Gasteiger partial charge in [0.1, 0.15) is 0 Å². The molecule has 7 heteroatoms. The van der Waals surface area contributed by atoms with Crippen molar-refractivity contribution in [2.45, 2.75) is 32.9 Å². The molecule has 4 nitrogen and oxygen atoms in total. The second-order valence-electron chi connectivity index (χ2n) is 5.19. The minimum absolute atomic E-state index is 0.219. The number of carbonyl (C=O) groups is 1. The Morgan fingerprint density at radius 3 is 2.64 bits per heavy atom. The third-order valence-electron chi connectivity index (χ3n) is 3.11. The van der Waals surface area contributed by atoms with Crippen LogP contribution in [-0.4, -0.2) is 17.2 Å². The third-order valence-corrected chi connectivity index (χ3v) is 3.89. The smallest absolute Gasteiger partial charge is 0.338 e. The molecule has 0 aliphatic carbocycles. The fourth-order valence-corrected chi connectivity index (χ4v) is 3.00. The Bertz CT molecular complexity index is 659. The number of hydrogen-bond donors (Lipinski definition) is 2. The highest BCUT2D eigenvalue weighted by atomic mass is 35.5. The van der Waals surface area contributed by atoms with Crippen LogP contribution in [0.3, 0.4) is 0 Å². The third kappa shape index (κ3) is 3.72. The molecule has 1 aliphatic heterocycles. The molecule has 22 heavy (non-hydrogen) atoms. The van der Waals surface area contributed by atoms with E-state index >= 15 is 0 Å². The summed E-state index contributed by atoms with van der Waals surface area (Å²) >= 11 is 17.4. The zero-order valence-corrected chi connectivity index (χ0v) is 14.7. The van der Waals surface area contributed by atoms with Crippen molar-refractivity contribution in [1.82, 2.24) is 10.6 Å². The van der Waals surface area contributed by atoms with Gasteiger partial charge in [0.15, 0.2) is 5.11 Å². The summed E-state index contributed by atoms with van der Waals surface area (Å²) in [6.45, 7) is 5.37. The minimum atomic E-state index is -0.482. The monoisotopic (exact) mass is 358 g/mol. The van der Waals surface area contributed by atoms with E-state index in [0.29, 0.717) is 32.0 Å². The van der Waals surface area contributed by atoms with Gasteiger partial charge in [0.25, 0.3) is 0 Å². The van der Waals surface area contributed by atoms with E-state index in [-0.39, 0.29) is 6.10 Å². The largest absolute Gasteiger partial charge is 0.459 e. The maximum Gasteiger partial charge on any atom is 0.338 e. The Morgan fingerprint density at radius 1 is 1.36 bits per heavy atom. The highest BCUT2D eigenvalue weighted by Gasteiger charge is 2.32. The molecule has 0 unspecified atom stereocenters. The van der Waals surface area contributed by atoms with Gasteiger partial charge >= 0.3 is 5.97 Å². The summed E-state index contributed by atoms with van der Waals surface area (Å²) in [6.07, 6.45) is -0.219. The molecule has 2 rings (SSSR count). The molecule has 1 atom stereocenters. The zero-order chi connectivity index (χ0) is 16.4. The number of halogens is 2. The number of ether oxygens (including phenoxy) is 1. The number of esters is 1. The van der Waals surface area contributed by atoms with Crippen LogP contribution >= 0.6 is 35.4 Å². The topological polar surface area (TPSA) is 50.4 Å². The van der Waals surface area contributed by atoms with Crippen LogP contribution in [0, 0.1) is 0 Å². The summed E-state index contributed by atoms with van der Waals surface area (Å²) in [6, 6.07) is 4.64. The lowest BCUT2D eigenvalue weighted by Gasteiger charge is -2.30. The average molecular weight is 359 g/mol. The number of thiocarbonyl (C=S) groups is 1. The fraction of sp³-hybridized carbons (Fsp3) is 0.333. The molecular formula is C15H16Cl2N2O2S. The quantitative estimate of drug-likeness (QED) is 0.636. The van der Waals surface area contributed by atoms with Crippen molar-refractivity contribution in [1.29, 1.82) is 0 Å². The molecule has 0 fully saturated rings. The first-order valence-electron chi connectivity index (χ1n) is 6.73. The summed E-state index contributed by atoms with van der Waals surface area (Å²) in [7, 11) is 0. The molecule has 1 aromatic rings. The summed E-state index contributed by atoms with van der Waals surface area (Å²) < 4.78 is 5.32. The normalized spacial score (nSPS) is 18.1. The van der Waals surface area contributed by atoms with Gasteiger partial charge in [-0.05, 0) is 50.7 Å². The van der Waals surface area contributed by atoms with E-state index < -0.39 is 12.0 Å². The van der Waals surface area contributed by atoms with Crippen molar-refractivity contribution in [3.8, 4) is 0 Å². The average Bonchev–Trinajstić information content (AvgIpc) is 2.36. The molecule has 1 heterocycles. The van der Waals surface area contributed by atoms with Crippen LogP contribution in [0.4, 0.5) is 0 Å². The lowest BCUT2D eigenvalue weighted by Crippen LogP contribution is -2.45.